The molecule has 0 aromatic carbocycles. The monoisotopic (exact) mass is 173 g/mol. The average Bonchev–Trinajstić information content (AvgIpc) is 1.84. The lowest BCUT2D eigenvalue weighted by molar-refractivity contribution is -0.588. The summed E-state index contributed by atoms with van der Waals surface area (Å²) in [5.41, 5.74) is -1.57. The molecule has 1 saturated heterocycles. The van der Waals surface area contributed by atoms with Gasteiger partial charge >= 0.3 is 5.66 Å². The van der Waals surface area contributed by atoms with Crippen LogP contribution in [0.15, 0.2) is 5.18 Å². The van der Waals surface area contributed by atoms with Crippen molar-refractivity contribution in [3.63, 3.8) is 0 Å². The van der Waals surface area contributed by atoms with E-state index in [0.29, 0.717) is 0 Å². The Hall–Kier alpha value is -1.04. The summed E-state index contributed by atoms with van der Waals surface area (Å²) in [6, 6.07) is 0.236. The van der Waals surface area contributed by atoms with Gasteiger partial charge in [-0.15, -0.1) is 4.91 Å². The zero-order valence-electron chi connectivity index (χ0n) is 7.06. The highest BCUT2D eigenvalue weighted by Crippen LogP contribution is 2.27. The Kier molecular flexibility index (Phi) is 2.10. The Balaban J connectivity index is 2.58. The molecule has 0 radical (unpaired) electrons. The van der Waals surface area contributed by atoms with Crippen LogP contribution in [0.5, 0.6) is 0 Å². The van der Waals surface area contributed by atoms with E-state index in [0.717, 1.165) is 0 Å². The zero-order chi connectivity index (χ0) is 9.35. The lowest BCUT2D eigenvalue weighted by Gasteiger charge is -2.40. The molecule has 1 aliphatic heterocycles. The number of hydrogen-bond donors (Lipinski definition) is 0. The summed E-state index contributed by atoms with van der Waals surface area (Å²) < 4.78 is 0. The van der Waals surface area contributed by atoms with Crippen LogP contribution < -0.4 is 0 Å². The standard InChI is InChI=1S/C6H11N3O3/c1-5(2)8-3-6(4-8,7-10)9(11)12/h5H,3-4H2,1-2H3. The molecule has 6 nitrogen and oxygen atoms in total. The lowest BCUT2D eigenvalue weighted by atomic mass is 10.0. The summed E-state index contributed by atoms with van der Waals surface area (Å²) in [7, 11) is 0. The minimum Gasteiger partial charge on any atom is -0.283 e. The van der Waals surface area contributed by atoms with Crippen LogP contribution in [0.4, 0.5) is 0 Å². The van der Waals surface area contributed by atoms with Gasteiger partial charge in [0, 0.05) is 11.2 Å². The molecule has 0 N–H and O–H groups in total. The molecule has 0 spiro atoms. The Bertz CT molecular complexity index is 210. The van der Waals surface area contributed by atoms with E-state index in [1.807, 2.05) is 18.7 Å². The van der Waals surface area contributed by atoms with Crippen molar-refractivity contribution >= 4 is 0 Å². The maximum Gasteiger partial charge on any atom is 0.372 e. The Labute approximate surface area is 69.7 Å². The Morgan fingerprint density at radius 1 is 1.58 bits per heavy atom. The lowest BCUT2D eigenvalue weighted by Crippen LogP contribution is -2.66. The summed E-state index contributed by atoms with van der Waals surface area (Å²) in [4.78, 5) is 21.8. The minimum atomic E-state index is -1.57. The number of rotatable bonds is 3. The first-order valence-corrected chi connectivity index (χ1v) is 3.75. The first kappa shape index (κ1) is 9.05. The maximum absolute atomic E-state index is 10.4. The fourth-order valence-electron chi connectivity index (χ4n) is 1.18. The van der Waals surface area contributed by atoms with Gasteiger partial charge in [0.2, 0.25) is 0 Å². The van der Waals surface area contributed by atoms with Crippen LogP contribution in [0.2, 0.25) is 0 Å². The topological polar surface area (TPSA) is 75.8 Å². The fraction of sp³-hybridized carbons (Fsp3) is 1.00. The second kappa shape index (κ2) is 2.78. The molecule has 0 aromatic rings. The van der Waals surface area contributed by atoms with Gasteiger partial charge in [-0.2, -0.15) is 0 Å². The fourth-order valence-corrected chi connectivity index (χ4v) is 1.18. The van der Waals surface area contributed by atoms with E-state index >= 15 is 0 Å². The van der Waals surface area contributed by atoms with Gasteiger partial charge in [0.25, 0.3) is 0 Å². The van der Waals surface area contributed by atoms with Crippen molar-refractivity contribution in [3.05, 3.63) is 15.0 Å². The molecular formula is C6H11N3O3. The molecule has 68 valence electrons. The smallest absolute Gasteiger partial charge is 0.283 e. The summed E-state index contributed by atoms with van der Waals surface area (Å²) in [6.45, 7) is 4.13. The van der Waals surface area contributed by atoms with Crippen LogP contribution in [0.3, 0.4) is 0 Å². The van der Waals surface area contributed by atoms with Crippen molar-refractivity contribution in [2.24, 2.45) is 5.18 Å². The second-order valence-electron chi connectivity index (χ2n) is 3.33. The van der Waals surface area contributed by atoms with E-state index in [-0.39, 0.29) is 19.1 Å². The van der Waals surface area contributed by atoms with Crippen molar-refractivity contribution in [1.29, 1.82) is 0 Å². The van der Waals surface area contributed by atoms with E-state index in [1.165, 1.54) is 0 Å². The Morgan fingerprint density at radius 2 is 2.08 bits per heavy atom. The first-order chi connectivity index (χ1) is 5.52. The molecule has 6 heteroatoms. The van der Waals surface area contributed by atoms with E-state index in [9.17, 15) is 15.0 Å². The van der Waals surface area contributed by atoms with E-state index in [4.69, 9.17) is 0 Å². The summed E-state index contributed by atoms with van der Waals surface area (Å²) >= 11 is 0. The van der Waals surface area contributed by atoms with Gasteiger partial charge in [-0.25, -0.2) is 0 Å². The van der Waals surface area contributed by atoms with E-state index in [1.54, 1.807) is 0 Å². The van der Waals surface area contributed by atoms with Crippen LogP contribution >= 0.6 is 0 Å². The van der Waals surface area contributed by atoms with Crippen LogP contribution in [0.1, 0.15) is 13.8 Å². The van der Waals surface area contributed by atoms with Crippen LogP contribution in [0, 0.1) is 15.0 Å². The van der Waals surface area contributed by atoms with Gasteiger partial charge in [0.1, 0.15) is 0 Å². The number of hydrogen-bond acceptors (Lipinski definition) is 5. The van der Waals surface area contributed by atoms with E-state index < -0.39 is 10.6 Å². The number of likely N-dealkylation sites (tertiary alicyclic amines) is 1. The van der Waals surface area contributed by atoms with Crippen molar-refractivity contribution in [1.82, 2.24) is 4.90 Å². The predicted molar refractivity (Wildman–Crippen MR) is 42.2 cm³/mol. The van der Waals surface area contributed by atoms with Crippen molar-refractivity contribution in [3.8, 4) is 0 Å². The van der Waals surface area contributed by atoms with Crippen LogP contribution in [0.25, 0.3) is 0 Å². The second-order valence-corrected chi connectivity index (χ2v) is 3.33. The number of nitro groups is 1. The molecule has 12 heavy (non-hydrogen) atoms. The molecule has 0 saturated carbocycles. The number of nitrogens with zero attached hydrogens (tertiary/aromatic N) is 3. The quantitative estimate of drug-likeness (QED) is 0.352. The molecule has 0 atom stereocenters. The molecule has 1 rings (SSSR count). The summed E-state index contributed by atoms with van der Waals surface area (Å²) in [5, 5.41) is 13.0. The normalized spacial score (nSPS) is 21.9. The van der Waals surface area contributed by atoms with Gasteiger partial charge in [0.15, 0.2) is 0 Å². The SMILES string of the molecule is CC(C)N1CC(N=O)([N+](=O)[O-])C1. The van der Waals surface area contributed by atoms with Gasteiger partial charge in [-0.3, -0.25) is 15.0 Å². The summed E-state index contributed by atoms with van der Waals surface area (Å²) in [6.07, 6.45) is 0. The molecule has 1 fully saturated rings. The maximum atomic E-state index is 10.4. The van der Waals surface area contributed by atoms with Crippen LogP contribution in [-0.4, -0.2) is 34.6 Å². The first-order valence-electron chi connectivity index (χ1n) is 3.75. The van der Waals surface area contributed by atoms with Crippen molar-refractivity contribution in [2.75, 3.05) is 13.1 Å². The largest absolute Gasteiger partial charge is 0.372 e. The Morgan fingerprint density at radius 3 is 2.33 bits per heavy atom. The van der Waals surface area contributed by atoms with Gasteiger partial charge < -0.3 is 0 Å². The highest BCUT2D eigenvalue weighted by Gasteiger charge is 2.57. The average molecular weight is 173 g/mol. The molecule has 0 aliphatic carbocycles. The van der Waals surface area contributed by atoms with Crippen molar-refractivity contribution < 1.29 is 4.92 Å². The van der Waals surface area contributed by atoms with E-state index in [2.05, 4.69) is 5.18 Å². The predicted octanol–water partition coefficient (Wildman–Crippen LogP) is 0.450. The molecule has 0 bridgehead atoms. The van der Waals surface area contributed by atoms with Gasteiger partial charge in [-0.05, 0) is 13.8 Å². The molecule has 1 aliphatic rings. The molecule has 0 unspecified atom stereocenters. The third-order valence-electron chi connectivity index (χ3n) is 2.15. The highest BCUT2D eigenvalue weighted by molar-refractivity contribution is 4.95. The zero-order valence-corrected chi connectivity index (χ0v) is 7.06. The summed E-state index contributed by atoms with van der Waals surface area (Å²) in [5.74, 6) is 0. The van der Waals surface area contributed by atoms with Gasteiger partial charge in [0.05, 0.1) is 18.0 Å². The third-order valence-corrected chi connectivity index (χ3v) is 2.15. The molecular weight excluding hydrogens is 162 g/mol. The van der Waals surface area contributed by atoms with Crippen LogP contribution in [-0.2, 0) is 0 Å². The minimum absolute atomic E-state index is 0.140. The number of nitroso groups, excluding NO2 is 1. The molecule has 0 amide bonds. The van der Waals surface area contributed by atoms with Gasteiger partial charge in [-0.1, -0.05) is 0 Å². The van der Waals surface area contributed by atoms with Crippen molar-refractivity contribution in [2.45, 2.75) is 25.6 Å². The highest BCUT2D eigenvalue weighted by atomic mass is 16.6. The third kappa shape index (κ3) is 1.18. The molecule has 1 heterocycles. The molecule has 0 aromatic heterocycles.